The van der Waals surface area contributed by atoms with Crippen molar-refractivity contribution in [3.05, 3.63) is 82.0 Å². The summed E-state index contributed by atoms with van der Waals surface area (Å²) in [5.74, 6) is -2.00. The van der Waals surface area contributed by atoms with E-state index in [-0.39, 0.29) is 40.0 Å². The van der Waals surface area contributed by atoms with E-state index in [1.165, 1.54) is 36.0 Å². The van der Waals surface area contributed by atoms with Crippen LogP contribution in [0, 0.1) is 17.8 Å². The zero-order valence-electron chi connectivity index (χ0n) is 30.9. The number of halogens is 1. The van der Waals surface area contributed by atoms with Crippen LogP contribution in [-0.2, 0) is 33.6 Å². The molecule has 2 aliphatic heterocycles. The number of anilines is 1. The van der Waals surface area contributed by atoms with E-state index in [1.807, 2.05) is 12.1 Å². The second kappa shape index (κ2) is 15.0. The lowest BCUT2D eigenvalue weighted by molar-refractivity contribution is -0.120. The Balaban J connectivity index is 1.33. The van der Waals surface area contributed by atoms with Crippen LogP contribution in [0.25, 0.3) is 0 Å². The quantitative estimate of drug-likeness (QED) is 0.321. The molecular formula is C39H47ClN6O7S. The first-order valence-corrected chi connectivity index (χ1v) is 20.5. The highest BCUT2D eigenvalue weighted by Gasteiger charge is 2.43. The van der Waals surface area contributed by atoms with E-state index >= 15 is 0 Å². The van der Waals surface area contributed by atoms with Crippen molar-refractivity contribution in [3.63, 3.8) is 0 Å². The van der Waals surface area contributed by atoms with Crippen LogP contribution in [0.15, 0.2) is 59.1 Å². The van der Waals surface area contributed by atoms with E-state index in [9.17, 15) is 23.7 Å². The number of nitrogens with one attached hydrogen (secondary N) is 2. The SMILES string of the molecule is COc1nn(C)cc1C(=O)NS1(=O)=NC(=O)c2ccc3c(c2)N(C[C@@H]2CC[C@H]2/C=C/[C@@H](O)[C@H](NC(C)=O)[C@H](C)C1)C[C@@]1(CCCc2cc(Cl)ccc21)CO3. The van der Waals surface area contributed by atoms with Crippen LogP contribution in [0.5, 0.6) is 11.6 Å². The maximum absolute atomic E-state index is 14.8. The zero-order chi connectivity index (χ0) is 38.4. The number of ether oxygens (including phenoxy) is 2. The summed E-state index contributed by atoms with van der Waals surface area (Å²) in [7, 11) is -0.924. The van der Waals surface area contributed by atoms with Gasteiger partial charge in [-0.15, -0.1) is 9.46 Å². The highest BCUT2D eigenvalue weighted by molar-refractivity contribution is 7.92. The number of amides is 3. The summed E-state index contributed by atoms with van der Waals surface area (Å²) in [6.45, 7) is 4.79. The number of methoxy groups -OCH3 is 1. The van der Waals surface area contributed by atoms with Crippen molar-refractivity contribution in [2.24, 2.45) is 29.2 Å². The van der Waals surface area contributed by atoms with Gasteiger partial charge < -0.3 is 24.8 Å². The van der Waals surface area contributed by atoms with Crippen molar-refractivity contribution in [2.45, 2.75) is 63.5 Å². The lowest BCUT2D eigenvalue weighted by Gasteiger charge is -2.44. The third-order valence-corrected chi connectivity index (χ3v) is 13.5. The molecule has 1 unspecified atom stereocenters. The summed E-state index contributed by atoms with van der Waals surface area (Å²) in [4.78, 5) is 42.5. The lowest BCUT2D eigenvalue weighted by Crippen LogP contribution is -2.49. The molecule has 3 aromatic rings. The molecule has 15 heteroatoms. The second-order valence-corrected chi connectivity index (χ2v) is 17.7. The molecule has 7 rings (SSSR count). The Morgan fingerprint density at radius 1 is 1.17 bits per heavy atom. The molecule has 1 fully saturated rings. The van der Waals surface area contributed by atoms with Crippen molar-refractivity contribution < 1.29 is 33.2 Å². The number of fused-ring (bicyclic) bond motifs is 4. The van der Waals surface area contributed by atoms with Gasteiger partial charge in [-0.25, -0.2) is 4.21 Å². The highest BCUT2D eigenvalue weighted by atomic mass is 35.5. The van der Waals surface area contributed by atoms with Crippen molar-refractivity contribution >= 4 is 44.9 Å². The van der Waals surface area contributed by atoms with Crippen LogP contribution < -0.4 is 24.4 Å². The fraction of sp³-hybridized carbons (Fsp3) is 0.487. The molecule has 0 saturated heterocycles. The van der Waals surface area contributed by atoms with Crippen LogP contribution in [0.1, 0.15) is 71.4 Å². The minimum absolute atomic E-state index is 0.0000848. The summed E-state index contributed by atoms with van der Waals surface area (Å²) in [5.41, 5.74) is 3.03. The van der Waals surface area contributed by atoms with Crippen LogP contribution in [0.3, 0.4) is 0 Å². The molecule has 1 aromatic heterocycles. The van der Waals surface area contributed by atoms with Gasteiger partial charge in [0.25, 0.3) is 11.8 Å². The predicted octanol–water partition coefficient (Wildman–Crippen LogP) is 4.61. The Hall–Kier alpha value is -4.40. The maximum atomic E-state index is 14.8. The Labute approximate surface area is 320 Å². The van der Waals surface area contributed by atoms with E-state index in [0.717, 1.165) is 37.8 Å². The van der Waals surface area contributed by atoms with E-state index in [2.05, 4.69) is 36.5 Å². The van der Waals surface area contributed by atoms with E-state index in [4.69, 9.17) is 21.1 Å². The summed E-state index contributed by atoms with van der Waals surface area (Å²) < 4.78 is 34.8. The second-order valence-electron chi connectivity index (χ2n) is 15.2. The van der Waals surface area contributed by atoms with Crippen molar-refractivity contribution in [1.82, 2.24) is 19.8 Å². The first kappa shape index (κ1) is 37.9. The van der Waals surface area contributed by atoms with Crippen molar-refractivity contribution in [2.75, 3.05) is 37.5 Å². The van der Waals surface area contributed by atoms with Gasteiger partial charge in [0.1, 0.15) is 21.2 Å². The molecule has 3 N–H and O–H groups in total. The van der Waals surface area contributed by atoms with Crippen molar-refractivity contribution in [3.8, 4) is 11.6 Å². The number of aryl methyl sites for hydroxylation is 2. The molecule has 13 nitrogen and oxygen atoms in total. The number of rotatable bonds is 4. The highest BCUT2D eigenvalue weighted by Crippen LogP contribution is 2.46. The summed E-state index contributed by atoms with van der Waals surface area (Å²) in [5, 5.41) is 19.1. The van der Waals surface area contributed by atoms with E-state index in [0.29, 0.717) is 30.5 Å². The summed E-state index contributed by atoms with van der Waals surface area (Å²) >= 11 is 6.44. The molecular weight excluding hydrogens is 732 g/mol. The fourth-order valence-corrected chi connectivity index (χ4v) is 10.6. The fourth-order valence-electron chi connectivity index (χ4n) is 8.50. The Kier molecular flexibility index (Phi) is 10.5. The molecule has 1 spiro atoms. The molecule has 7 atom stereocenters. The third-order valence-electron chi connectivity index (χ3n) is 11.3. The average molecular weight is 779 g/mol. The molecule has 2 aromatic carbocycles. The number of aliphatic hydroxyl groups excluding tert-OH is 1. The number of nitrogens with zero attached hydrogens (tertiary/aromatic N) is 4. The van der Waals surface area contributed by atoms with Gasteiger partial charge in [-0.1, -0.05) is 36.7 Å². The molecule has 4 aliphatic rings. The van der Waals surface area contributed by atoms with Gasteiger partial charge in [-0.2, -0.15) is 0 Å². The number of hydrogen-bond acceptors (Lipinski definition) is 9. The zero-order valence-corrected chi connectivity index (χ0v) is 32.5. The molecule has 3 heterocycles. The van der Waals surface area contributed by atoms with Gasteiger partial charge in [0.15, 0.2) is 0 Å². The Bertz CT molecular complexity index is 2130. The molecule has 288 valence electrons. The largest absolute Gasteiger partial charge is 0.490 e. The summed E-state index contributed by atoms with van der Waals surface area (Å²) in [6.07, 6.45) is 8.74. The molecule has 0 radical (unpaired) electrons. The van der Waals surface area contributed by atoms with Gasteiger partial charge in [-0.05, 0) is 91.3 Å². The van der Waals surface area contributed by atoms with Crippen LogP contribution >= 0.6 is 11.6 Å². The van der Waals surface area contributed by atoms with Gasteiger partial charge in [0.2, 0.25) is 11.8 Å². The van der Waals surface area contributed by atoms with Gasteiger partial charge in [0, 0.05) is 49.3 Å². The number of hydrogen-bond donors (Lipinski definition) is 3. The van der Waals surface area contributed by atoms with Crippen LogP contribution in [0.2, 0.25) is 5.02 Å². The molecule has 3 amide bonds. The number of benzene rings is 2. The van der Waals surface area contributed by atoms with Crippen LogP contribution in [-0.4, -0.2) is 81.5 Å². The monoisotopic (exact) mass is 778 g/mol. The topological polar surface area (TPSA) is 164 Å². The molecule has 54 heavy (non-hydrogen) atoms. The molecule has 2 bridgehead atoms. The number of aliphatic hydroxyl groups is 1. The van der Waals surface area contributed by atoms with E-state index < -0.39 is 45.7 Å². The third kappa shape index (κ3) is 7.60. The standard InChI is InChI=1S/C39H47ClN6O7S/c1-23-20-54(51,44-37(50)30-19-45(3)42-38(30)52-4)43-36(49)27-10-14-34-32(17-27)46(18-28-8-7-25(28)9-13-33(48)35(23)41-24(2)47)21-39(22-53-34)15-5-6-26-16-29(40)11-12-31(26)39/h9-14,16-17,19,23,25,28,33,35,48H,5-8,15,18,20-22H2,1-4H3,(H,41,47)(H,43,44,49,50,51)/b13-9+/t23-,25+,28+,33-,35-,39+,54?/m1/s1. The number of carbonyl (C=O) groups excluding carboxylic acids is 3. The van der Waals surface area contributed by atoms with Gasteiger partial charge in [-0.3, -0.25) is 23.8 Å². The minimum Gasteiger partial charge on any atom is -0.490 e. The number of carbonyl (C=O) groups is 3. The number of allylic oxidation sites excluding steroid dienone is 1. The van der Waals surface area contributed by atoms with Crippen LogP contribution in [0.4, 0.5) is 5.69 Å². The lowest BCUT2D eigenvalue weighted by atomic mass is 9.69. The molecule has 2 aliphatic carbocycles. The summed E-state index contributed by atoms with van der Waals surface area (Å²) in [6, 6.07) is 10.3. The van der Waals surface area contributed by atoms with Gasteiger partial charge >= 0.3 is 0 Å². The minimum atomic E-state index is -3.89. The normalized spacial score (nSPS) is 30.0. The smallest absolute Gasteiger partial charge is 0.286 e. The average Bonchev–Trinajstić information content (AvgIpc) is 3.43. The first-order chi connectivity index (χ1) is 25.8. The van der Waals surface area contributed by atoms with Crippen molar-refractivity contribution in [1.29, 1.82) is 0 Å². The Morgan fingerprint density at radius 2 is 1.98 bits per heavy atom. The first-order valence-electron chi connectivity index (χ1n) is 18.4. The number of aromatic nitrogens is 2. The van der Waals surface area contributed by atoms with E-state index in [1.54, 1.807) is 38.2 Å². The predicted molar refractivity (Wildman–Crippen MR) is 205 cm³/mol. The Morgan fingerprint density at radius 3 is 2.72 bits per heavy atom. The van der Waals surface area contributed by atoms with Gasteiger partial charge in [0.05, 0.1) is 37.3 Å². The maximum Gasteiger partial charge on any atom is 0.286 e. The molecule has 1 saturated carbocycles.